The fourth-order valence-corrected chi connectivity index (χ4v) is 5.55. The first kappa shape index (κ1) is 35.7. The third-order valence-corrected chi connectivity index (χ3v) is 7.60. The number of imidazole rings is 1. The zero-order chi connectivity index (χ0) is 36.1. The molecule has 1 saturated heterocycles. The van der Waals surface area contributed by atoms with Gasteiger partial charge in [0, 0.05) is 44.2 Å². The van der Waals surface area contributed by atoms with E-state index < -0.39 is 61.2 Å². The molecule has 0 saturated carbocycles. The summed E-state index contributed by atoms with van der Waals surface area (Å²) in [5.74, 6) is -2.72. The van der Waals surface area contributed by atoms with Crippen molar-refractivity contribution in [3.05, 3.63) is 72.2 Å². The Hall–Kier alpha value is -5.64. The van der Waals surface area contributed by atoms with Crippen LogP contribution in [-0.4, -0.2) is 82.8 Å². The van der Waals surface area contributed by atoms with Crippen molar-refractivity contribution in [1.82, 2.24) is 14.5 Å². The van der Waals surface area contributed by atoms with Crippen LogP contribution in [0, 0.1) is 6.92 Å². The molecule has 2 aromatic heterocycles. The Kier molecular flexibility index (Phi) is 10.9. The Morgan fingerprint density at radius 1 is 0.880 bits per heavy atom. The maximum atomic E-state index is 13.0. The number of hydrogen-bond acceptors (Lipinski definition) is 13. The molecule has 0 N–H and O–H groups in total. The van der Waals surface area contributed by atoms with E-state index >= 15 is 0 Å². The second-order valence-corrected chi connectivity index (χ2v) is 11.1. The molecule has 50 heavy (non-hydrogen) atoms. The zero-order valence-corrected chi connectivity index (χ0v) is 27.5. The van der Waals surface area contributed by atoms with Crippen molar-refractivity contribution in [2.45, 2.75) is 71.6 Å². The lowest BCUT2D eigenvalue weighted by Gasteiger charge is -2.42. The minimum absolute atomic E-state index is 0.0235. The number of ether oxygens (including phenoxy) is 7. The third-order valence-electron chi connectivity index (χ3n) is 7.60. The number of esters is 4. The molecular formula is C34H33F2N3O11. The predicted octanol–water partition coefficient (Wildman–Crippen LogP) is 4.13. The van der Waals surface area contributed by atoms with Crippen molar-refractivity contribution in [2.75, 3.05) is 7.11 Å². The maximum Gasteiger partial charge on any atom is 0.387 e. The molecule has 0 unspecified atom stereocenters. The Bertz CT molecular complexity index is 1880. The maximum absolute atomic E-state index is 13.0. The van der Waals surface area contributed by atoms with Crippen LogP contribution in [-0.2, 0) is 49.4 Å². The first-order valence-electron chi connectivity index (χ1n) is 15.2. The van der Waals surface area contributed by atoms with Gasteiger partial charge in [-0.05, 0) is 36.8 Å². The summed E-state index contributed by atoms with van der Waals surface area (Å²) in [7, 11) is 1.08. The largest absolute Gasteiger partial charge is 0.467 e. The van der Waals surface area contributed by atoms with Crippen LogP contribution in [0.5, 0.6) is 11.6 Å². The summed E-state index contributed by atoms with van der Waals surface area (Å²) in [6, 6.07) is 15.3. The summed E-state index contributed by atoms with van der Waals surface area (Å²) in [5, 5.41) is 0. The van der Waals surface area contributed by atoms with Gasteiger partial charge >= 0.3 is 30.5 Å². The van der Waals surface area contributed by atoms with Crippen molar-refractivity contribution in [2.24, 2.45) is 0 Å². The zero-order valence-electron chi connectivity index (χ0n) is 27.5. The highest BCUT2D eigenvalue weighted by Gasteiger charge is 2.56. The molecule has 0 radical (unpaired) electrons. The molecule has 0 spiro atoms. The highest BCUT2D eigenvalue weighted by molar-refractivity contribution is 5.83. The van der Waals surface area contributed by atoms with Crippen LogP contribution in [0.25, 0.3) is 22.2 Å². The van der Waals surface area contributed by atoms with Gasteiger partial charge in [-0.3, -0.25) is 14.4 Å². The van der Waals surface area contributed by atoms with Crippen LogP contribution >= 0.6 is 0 Å². The van der Waals surface area contributed by atoms with Crippen LogP contribution < -0.4 is 9.47 Å². The van der Waals surface area contributed by atoms with Crippen molar-refractivity contribution in [3.63, 3.8) is 0 Å². The lowest BCUT2D eigenvalue weighted by Crippen LogP contribution is -2.64. The van der Waals surface area contributed by atoms with E-state index in [2.05, 4.69) is 9.97 Å². The number of fused-ring (bicyclic) bond motifs is 1. The fraction of sp³-hybridized carbons (Fsp3) is 0.353. The summed E-state index contributed by atoms with van der Waals surface area (Å²) in [6.45, 7) is 2.33. The number of hydrogen-bond donors (Lipinski definition) is 0. The van der Waals surface area contributed by atoms with Gasteiger partial charge in [0.2, 0.25) is 18.3 Å². The number of nitrogens with zero attached hydrogens (tertiary/aromatic N) is 3. The standard InChI is InChI=1S/C34H33F2N3O11/c1-17-38-24-12-10-21(14-25(24)39(17)16-23-8-6-7-9-26(23)48-34(35)36)22-11-13-27(37-15-22)49-33-31(47-20(4)42)29(46-19(3)41)28(45-18(2)40)30(50-33)32(43)44-5/h6-15,28-31,33-34H,16H2,1-5H3/t28-,29-,30-,31+,33+/m0/s1. The lowest BCUT2D eigenvalue weighted by molar-refractivity contribution is -0.283. The van der Waals surface area contributed by atoms with Gasteiger partial charge in [0.15, 0.2) is 18.3 Å². The quantitative estimate of drug-likeness (QED) is 0.163. The van der Waals surface area contributed by atoms with E-state index in [1.54, 1.807) is 24.3 Å². The smallest absolute Gasteiger partial charge is 0.387 e. The Morgan fingerprint density at radius 2 is 1.54 bits per heavy atom. The average molecular weight is 698 g/mol. The van der Waals surface area contributed by atoms with Gasteiger partial charge in [-0.1, -0.05) is 24.3 Å². The molecule has 264 valence electrons. The Balaban J connectivity index is 1.43. The number of alkyl halides is 2. The number of carbonyl (C=O) groups excluding carboxylic acids is 4. The van der Waals surface area contributed by atoms with E-state index in [1.165, 1.54) is 18.3 Å². The molecule has 1 aliphatic heterocycles. The molecule has 2 aromatic carbocycles. The molecule has 1 fully saturated rings. The number of aryl methyl sites for hydroxylation is 1. The van der Waals surface area contributed by atoms with Crippen molar-refractivity contribution < 1.29 is 61.1 Å². The monoisotopic (exact) mass is 697 g/mol. The minimum Gasteiger partial charge on any atom is -0.467 e. The number of pyridine rings is 1. The number of aromatic nitrogens is 3. The predicted molar refractivity (Wildman–Crippen MR) is 168 cm³/mol. The van der Waals surface area contributed by atoms with Gasteiger partial charge in [0.25, 0.3) is 0 Å². The summed E-state index contributed by atoms with van der Waals surface area (Å²) < 4.78 is 65.2. The van der Waals surface area contributed by atoms with Gasteiger partial charge in [-0.2, -0.15) is 8.78 Å². The number of methoxy groups -OCH3 is 1. The molecule has 14 nitrogen and oxygen atoms in total. The van der Waals surface area contributed by atoms with Crippen LogP contribution in [0.15, 0.2) is 60.8 Å². The van der Waals surface area contributed by atoms with Crippen molar-refractivity contribution in [1.29, 1.82) is 0 Å². The molecule has 0 bridgehead atoms. The molecule has 3 heterocycles. The highest BCUT2D eigenvalue weighted by atomic mass is 19.3. The van der Waals surface area contributed by atoms with E-state index in [9.17, 15) is 28.0 Å². The van der Waals surface area contributed by atoms with Gasteiger partial charge in [0.1, 0.15) is 11.6 Å². The SMILES string of the molecule is COC(=O)[C@H]1O[C@@H](Oc2ccc(-c3ccc4nc(C)n(Cc5ccccc5OC(F)F)c4c3)cn2)[C@H](OC(C)=O)[C@@H](OC(C)=O)[C@@H]1OC(C)=O. The van der Waals surface area contributed by atoms with E-state index in [0.29, 0.717) is 22.5 Å². The molecule has 0 amide bonds. The van der Waals surface area contributed by atoms with Gasteiger partial charge < -0.3 is 37.7 Å². The topological polar surface area (TPSA) is 164 Å². The van der Waals surface area contributed by atoms with Crippen LogP contribution in [0.3, 0.4) is 0 Å². The van der Waals surface area contributed by atoms with E-state index in [1.807, 2.05) is 29.7 Å². The molecule has 5 atom stereocenters. The second kappa shape index (κ2) is 15.3. The lowest BCUT2D eigenvalue weighted by atomic mass is 9.97. The Morgan fingerprint density at radius 3 is 2.18 bits per heavy atom. The molecule has 16 heteroatoms. The molecule has 0 aliphatic carbocycles. The number of halogens is 2. The van der Waals surface area contributed by atoms with Crippen LogP contribution in [0.1, 0.15) is 32.2 Å². The first-order chi connectivity index (χ1) is 23.8. The summed E-state index contributed by atoms with van der Waals surface area (Å²) in [4.78, 5) is 57.7. The third kappa shape index (κ3) is 8.14. The van der Waals surface area contributed by atoms with E-state index in [-0.39, 0.29) is 18.2 Å². The Labute approximate surface area is 284 Å². The van der Waals surface area contributed by atoms with Gasteiger partial charge in [-0.25, -0.2) is 14.8 Å². The highest BCUT2D eigenvalue weighted by Crippen LogP contribution is 2.32. The molecule has 4 aromatic rings. The van der Waals surface area contributed by atoms with Crippen molar-refractivity contribution >= 4 is 34.9 Å². The summed E-state index contributed by atoms with van der Waals surface area (Å²) >= 11 is 0. The fourth-order valence-electron chi connectivity index (χ4n) is 5.55. The number of para-hydroxylation sites is 1. The minimum atomic E-state index is -2.97. The molecule has 1 aliphatic rings. The van der Waals surface area contributed by atoms with Gasteiger partial charge in [-0.15, -0.1) is 0 Å². The molecule has 5 rings (SSSR count). The first-order valence-corrected chi connectivity index (χ1v) is 15.2. The van der Waals surface area contributed by atoms with E-state index in [4.69, 9.17) is 33.2 Å². The summed E-state index contributed by atoms with van der Waals surface area (Å²) in [5.41, 5.74) is 3.37. The summed E-state index contributed by atoms with van der Waals surface area (Å²) in [6.07, 6.45) is -6.24. The number of benzene rings is 2. The van der Waals surface area contributed by atoms with Crippen LogP contribution in [0.4, 0.5) is 8.78 Å². The van der Waals surface area contributed by atoms with Crippen LogP contribution in [0.2, 0.25) is 0 Å². The second-order valence-electron chi connectivity index (χ2n) is 11.1. The average Bonchev–Trinajstić information content (AvgIpc) is 3.37. The van der Waals surface area contributed by atoms with Crippen molar-refractivity contribution in [3.8, 4) is 22.8 Å². The number of carbonyl (C=O) groups is 4. The molecular weight excluding hydrogens is 664 g/mol. The van der Waals surface area contributed by atoms with E-state index in [0.717, 1.165) is 39.0 Å². The normalized spacial score (nSPS) is 20.2. The van der Waals surface area contributed by atoms with Gasteiger partial charge in [0.05, 0.1) is 24.7 Å². The number of rotatable bonds is 11.